The average molecular weight is 366 g/mol. The molecule has 3 aromatic rings. The van der Waals surface area contributed by atoms with Gasteiger partial charge in [0.2, 0.25) is 0 Å². The lowest BCUT2D eigenvalue weighted by molar-refractivity contribution is 0.519. The van der Waals surface area contributed by atoms with Crippen molar-refractivity contribution in [3.8, 4) is 0 Å². The third kappa shape index (κ3) is 2.90. The predicted octanol–water partition coefficient (Wildman–Crippen LogP) is 3.44. The van der Waals surface area contributed by atoms with Crippen LogP contribution in [0.3, 0.4) is 0 Å². The van der Waals surface area contributed by atoms with Crippen LogP contribution >= 0.6 is 11.3 Å². The second-order valence-corrected chi connectivity index (χ2v) is 8.01. The summed E-state index contributed by atoms with van der Waals surface area (Å²) in [6, 6.07) is 2.50. The van der Waals surface area contributed by atoms with E-state index in [9.17, 15) is 0 Å². The molecule has 1 aliphatic heterocycles. The quantitative estimate of drug-likeness (QED) is 0.766. The third-order valence-corrected chi connectivity index (χ3v) is 6.39. The number of hydrogen-bond donors (Lipinski definition) is 1. The van der Waals surface area contributed by atoms with Crippen molar-refractivity contribution in [2.45, 2.75) is 44.6 Å². The zero-order valence-corrected chi connectivity index (χ0v) is 15.5. The van der Waals surface area contributed by atoms with Crippen molar-refractivity contribution in [2.24, 2.45) is 0 Å². The Morgan fingerprint density at radius 3 is 2.77 bits per heavy atom. The Bertz CT molecular complexity index is 915. The highest BCUT2D eigenvalue weighted by molar-refractivity contribution is 7.17. The highest BCUT2D eigenvalue weighted by Crippen LogP contribution is 2.30. The van der Waals surface area contributed by atoms with Gasteiger partial charge < -0.3 is 10.2 Å². The van der Waals surface area contributed by atoms with Gasteiger partial charge >= 0.3 is 0 Å². The maximum Gasteiger partial charge on any atom is 0.147 e. The first-order valence-electron chi connectivity index (χ1n) is 9.41. The van der Waals surface area contributed by atoms with Crippen LogP contribution in [0, 0.1) is 0 Å². The second-order valence-electron chi connectivity index (χ2n) is 7.09. The first-order chi connectivity index (χ1) is 12.9. The standard InChI is InChI=1S/C19H22N6S/c1-2-4-15-14(3-1)19(23-12-20-15)25-8-5-13(6-9-25)24-18-17-16(7-10-26-17)21-11-22-18/h7,10-13H,1-6,8-9H2,(H,21,22,24). The molecular formula is C19H22N6S. The number of nitrogens with one attached hydrogen (secondary N) is 1. The number of aromatic nitrogens is 4. The Hall–Kier alpha value is -2.28. The summed E-state index contributed by atoms with van der Waals surface area (Å²) in [7, 11) is 0. The number of anilines is 2. The van der Waals surface area contributed by atoms with E-state index in [1.54, 1.807) is 24.0 Å². The van der Waals surface area contributed by atoms with Crippen molar-refractivity contribution in [2.75, 3.05) is 23.3 Å². The Balaban J connectivity index is 1.29. The number of hydrogen-bond acceptors (Lipinski definition) is 7. The normalized spacial score (nSPS) is 18.1. The summed E-state index contributed by atoms with van der Waals surface area (Å²) in [5.41, 5.74) is 3.68. The SMILES string of the molecule is c1nc2c(c(N3CCC(Nc4ncnc5ccsc45)CC3)n1)CCCC2. The summed E-state index contributed by atoms with van der Waals surface area (Å²) in [5, 5.41) is 5.72. The predicted molar refractivity (Wildman–Crippen MR) is 105 cm³/mol. The molecule has 134 valence electrons. The fourth-order valence-corrected chi connectivity index (χ4v) is 4.89. The first-order valence-corrected chi connectivity index (χ1v) is 10.3. The molecule has 4 heterocycles. The number of rotatable bonds is 3. The zero-order chi connectivity index (χ0) is 17.3. The highest BCUT2D eigenvalue weighted by Gasteiger charge is 2.25. The van der Waals surface area contributed by atoms with Crippen molar-refractivity contribution in [3.05, 3.63) is 35.4 Å². The van der Waals surface area contributed by atoms with Gasteiger partial charge in [0.1, 0.15) is 24.3 Å². The number of thiophene rings is 1. The molecule has 1 N–H and O–H groups in total. The summed E-state index contributed by atoms with van der Waals surface area (Å²) in [6.07, 6.45) is 10.3. The van der Waals surface area contributed by atoms with Gasteiger partial charge in [0.05, 0.1) is 10.2 Å². The molecule has 0 unspecified atom stereocenters. The lowest BCUT2D eigenvalue weighted by Crippen LogP contribution is -2.40. The zero-order valence-electron chi connectivity index (χ0n) is 14.7. The van der Waals surface area contributed by atoms with Gasteiger partial charge in [-0.15, -0.1) is 11.3 Å². The molecule has 2 aliphatic rings. The van der Waals surface area contributed by atoms with Crippen LogP contribution in [0.2, 0.25) is 0 Å². The molecule has 0 amide bonds. The van der Waals surface area contributed by atoms with Crippen molar-refractivity contribution in [3.63, 3.8) is 0 Å². The number of fused-ring (bicyclic) bond motifs is 2. The molecule has 1 aliphatic carbocycles. The molecule has 26 heavy (non-hydrogen) atoms. The maximum absolute atomic E-state index is 4.63. The number of nitrogens with zero attached hydrogens (tertiary/aromatic N) is 5. The Labute approximate surface area is 156 Å². The number of piperidine rings is 1. The lowest BCUT2D eigenvalue weighted by Gasteiger charge is -2.35. The van der Waals surface area contributed by atoms with Crippen LogP contribution in [-0.4, -0.2) is 39.1 Å². The molecule has 7 heteroatoms. The highest BCUT2D eigenvalue weighted by atomic mass is 32.1. The monoisotopic (exact) mass is 366 g/mol. The summed E-state index contributed by atoms with van der Waals surface area (Å²) in [4.78, 5) is 20.4. The van der Waals surface area contributed by atoms with Gasteiger partial charge in [0.15, 0.2) is 0 Å². The van der Waals surface area contributed by atoms with E-state index in [0.29, 0.717) is 6.04 Å². The van der Waals surface area contributed by atoms with Crippen LogP contribution in [0.15, 0.2) is 24.1 Å². The average Bonchev–Trinajstić information content (AvgIpc) is 3.18. The molecule has 0 atom stereocenters. The molecule has 1 fully saturated rings. The molecule has 0 saturated carbocycles. The largest absolute Gasteiger partial charge is 0.366 e. The molecule has 0 spiro atoms. The van der Waals surface area contributed by atoms with Crippen LogP contribution in [0.4, 0.5) is 11.6 Å². The molecule has 6 nitrogen and oxygen atoms in total. The van der Waals surface area contributed by atoms with Crippen LogP contribution in [-0.2, 0) is 12.8 Å². The van der Waals surface area contributed by atoms with Crippen molar-refractivity contribution < 1.29 is 0 Å². The molecule has 0 radical (unpaired) electrons. The van der Waals surface area contributed by atoms with Crippen molar-refractivity contribution >= 4 is 33.2 Å². The van der Waals surface area contributed by atoms with Crippen LogP contribution in [0.5, 0.6) is 0 Å². The van der Waals surface area contributed by atoms with Gasteiger partial charge in [0, 0.05) is 30.4 Å². The van der Waals surface area contributed by atoms with Gasteiger partial charge in [0.25, 0.3) is 0 Å². The second kappa shape index (κ2) is 6.79. The van der Waals surface area contributed by atoms with E-state index < -0.39 is 0 Å². The van der Waals surface area contributed by atoms with E-state index in [1.807, 2.05) is 6.07 Å². The third-order valence-electron chi connectivity index (χ3n) is 5.48. The van der Waals surface area contributed by atoms with Gasteiger partial charge in [-0.25, -0.2) is 19.9 Å². The molecule has 1 saturated heterocycles. The minimum Gasteiger partial charge on any atom is -0.366 e. The van der Waals surface area contributed by atoms with Gasteiger partial charge in [-0.2, -0.15) is 0 Å². The van der Waals surface area contributed by atoms with E-state index in [2.05, 4.69) is 35.5 Å². The van der Waals surface area contributed by atoms with Crippen molar-refractivity contribution in [1.82, 2.24) is 19.9 Å². The summed E-state index contributed by atoms with van der Waals surface area (Å²) < 4.78 is 1.15. The van der Waals surface area contributed by atoms with Crippen LogP contribution in [0.25, 0.3) is 10.2 Å². The van der Waals surface area contributed by atoms with E-state index >= 15 is 0 Å². The molecule has 3 aromatic heterocycles. The Kier molecular flexibility index (Phi) is 4.16. The summed E-state index contributed by atoms with van der Waals surface area (Å²) in [6.45, 7) is 2.06. The minimum atomic E-state index is 0.448. The van der Waals surface area contributed by atoms with E-state index in [-0.39, 0.29) is 0 Å². The maximum atomic E-state index is 4.63. The van der Waals surface area contributed by atoms with Crippen LogP contribution in [0.1, 0.15) is 36.9 Å². The van der Waals surface area contributed by atoms with E-state index in [1.165, 1.54) is 29.9 Å². The Morgan fingerprint density at radius 1 is 1.00 bits per heavy atom. The molecule has 5 rings (SSSR count). The fraction of sp³-hybridized carbons (Fsp3) is 0.474. The number of aryl methyl sites for hydroxylation is 1. The summed E-state index contributed by atoms with van der Waals surface area (Å²) >= 11 is 1.70. The van der Waals surface area contributed by atoms with E-state index in [4.69, 9.17) is 0 Å². The van der Waals surface area contributed by atoms with Gasteiger partial charge in [-0.1, -0.05) is 0 Å². The summed E-state index contributed by atoms with van der Waals surface area (Å²) in [5.74, 6) is 2.15. The fourth-order valence-electron chi connectivity index (χ4n) is 4.10. The Morgan fingerprint density at radius 2 is 1.85 bits per heavy atom. The van der Waals surface area contributed by atoms with E-state index in [0.717, 1.165) is 54.8 Å². The smallest absolute Gasteiger partial charge is 0.147 e. The molecule has 0 bridgehead atoms. The van der Waals surface area contributed by atoms with Gasteiger partial charge in [-0.05, 0) is 50.0 Å². The van der Waals surface area contributed by atoms with Gasteiger partial charge in [-0.3, -0.25) is 0 Å². The first kappa shape index (κ1) is 15.9. The molecular weight excluding hydrogens is 344 g/mol. The molecule has 0 aromatic carbocycles. The lowest BCUT2D eigenvalue weighted by atomic mass is 9.95. The van der Waals surface area contributed by atoms with Crippen molar-refractivity contribution in [1.29, 1.82) is 0 Å². The topological polar surface area (TPSA) is 66.8 Å². The minimum absolute atomic E-state index is 0.448. The van der Waals surface area contributed by atoms with Crippen LogP contribution < -0.4 is 10.2 Å².